The first-order valence-electron chi connectivity index (χ1n) is 9.41. The molecule has 27 heavy (non-hydrogen) atoms. The number of anilines is 2. The zero-order chi connectivity index (χ0) is 19.6. The molecule has 1 aliphatic heterocycles. The summed E-state index contributed by atoms with van der Waals surface area (Å²) in [6.45, 7) is 8.47. The minimum Gasteiger partial charge on any atom is -0.326 e. The number of carbonyl (C=O) groups is 2. The topological polar surface area (TPSA) is 61.4 Å². The third kappa shape index (κ3) is 4.13. The first-order valence-corrected chi connectivity index (χ1v) is 9.41. The first-order chi connectivity index (χ1) is 12.9. The Morgan fingerprint density at radius 2 is 1.81 bits per heavy atom. The summed E-state index contributed by atoms with van der Waals surface area (Å²) in [6.07, 6.45) is 0.849. The summed E-state index contributed by atoms with van der Waals surface area (Å²) in [7, 11) is 0. The summed E-state index contributed by atoms with van der Waals surface area (Å²) in [4.78, 5) is 27.5. The van der Waals surface area contributed by atoms with Gasteiger partial charge in [-0.25, -0.2) is 4.79 Å². The lowest BCUT2D eigenvalue weighted by molar-refractivity contribution is -0.121. The molecule has 0 bridgehead atoms. The van der Waals surface area contributed by atoms with Crippen LogP contribution in [0, 0.1) is 19.8 Å². The number of hydrogen-bond donors (Lipinski definition) is 2. The molecule has 0 aromatic heterocycles. The molecule has 1 atom stereocenters. The molecule has 0 saturated heterocycles. The molecule has 0 aliphatic carbocycles. The monoisotopic (exact) mass is 365 g/mol. The highest BCUT2D eigenvalue weighted by atomic mass is 16.2. The van der Waals surface area contributed by atoms with Gasteiger partial charge in [-0.1, -0.05) is 44.2 Å². The highest BCUT2D eigenvalue weighted by molar-refractivity contribution is 6.02. The Bertz CT molecular complexity index is 860. The van der Waals surface area contributed by atoms with E-state index in [1.165, 1.54) is 5.56 Å². The average molecular weight is 365 g/mol. The SMILES string of the molecule is Cc1ccc(C)c(NC(=O)NC(C(=O)N2CCc3ccccc32)C(C)C)c1. The minimum absolute atomic E-state index is 0.0189. The van der Waals surface area contributed by atoms with Gasteiger partial charge in [-0.2, -0.15) is 0 Å². The molecule has 2 aromatic rings. The van der Waals surface area contributed by atoms with E-state index in [1.807, 2.05) is 70.2 Å². The van der Waals surface area contributed by atoms with Gasteiger partial charge in [0.1, 0.15) is 6.04 Å². The maximum Gasteiger partial charge on any atom is 0.319 e. The lowest BCUT2D eigenvalue weighted by Crippen LogP contribution is -2.52. The van der Waals surface area contributed by atoms with Crippen LogP contribution in [0.2, 0.25) is 0 Å². The van der Waals surface area contributed by atoms with Gasteiger partial charge in [0, 0.05) is 17.9 Å². The number of carbonyl (C=O) groups excluding carboxylic acids is 2. The zero-order valence-electron chi connectivity index (χ0n) is 16.4. The molecule has 1 aliphatic rings. The van der Waals surface area contributed by atoms with Crippen LogP contribution in [0.3, 0.4) is 0 Å². The zero-order valence-corrected chi connectivity index (χ0v) is 16.4. The van der Waals surface area contributed by atoms with Crippen molar-refractivity contribution in [1.29, 1.82) is 0 Å². The number of nitrogens with zero attached hydrogens (tertiary/aromatic N) is 1. The van der Waals surface area contributed by atoms with Crippen LogP contribution in [0.15, 0.2) is 42.5 Å². The second-order valence-corrected chi connectivity index (χ2v) is 7.51. The number of hydrogen-bond acceptors (Lipinski definition) is 2. The fourth-order valence-corrected chi connectivity index (χ4v) is 3.42. The maximum atomic E-state index is 13.1. The molecular weight excluding hydrogens is 338 g/mol. The van der Waals surface area contributed by atoms with Gasteiger partial charge in [-0.05, 0) is 55.0 Å². The van der Waals surface area contributed by atoms with Gasteiger partial charge in [0.15, 0.2) is 0 Å². The van der Waals surface area contributed by atoms with E-state index in [1.54, 1.807) is 4.90 Å². The van der Waals surface area contributed by atoms with Gasteiger partial charge in [-0.15, -0.1) is 0 Å². The number of amides is 3. The molecule has 5 nitrogen and oxygen atoms in total. The smallest absolute Gasteiger partial charge is 0.319 e. The summed E-state index contributed by atoms with van der Waals surface area (Å²) >= 11 is 0. The molecule has 2 aromatic carbocycles. The Balaban J connectivity index is 1.73. The third-order valence-electron chi connectivity index (χ3n) is 5.01. The molecular formula is C22H27N3O2. The molecule has 142 valence electrons. The molecule has 5 heteroatoms. The molecule has 2 N–H and O–H groups in total. The van der Waals surface area contributed by atoms with E-state index in [0.717, 1.165) is 28.9 Å². The van der Waals surface area contributed by atoms with Gasteiger partial charge in [0.2, 0.25) is 5.91 Å². The minimum atomic E-state index is -0.582. The second kappa shape index (κ2) is 7.82. The quantitative estimate of drug-likeness (QED) is 0.859. The highest BCUT2D eigenvalue weighted by Gasteiger charge is 2.32. The van der Waals surface area contributed by atoms with Crippen molar-refractivity contribution < 1.29 is 9.59 Å². The largest absolute Gasteiger partial charge is 0.326 e. The summed E-state index contributed by atoms with van der Waals surface area (Å²) < 4.78 is 0. The summed E-state index contributed by atoms with van der Waals surface area (Å²) in [5, 5.41) is 5.76. The molecule has 0 spiro atoms. The summed E-state index contributed by atoms with van der Waals surface area (Å²) in [6, 6.07) is 12.9. The molecule has 0 radical (unpaired) electrons. The van der Waals surface area contributed by atoms with Gasteiger partial charge >= 0.3 is 6.03 Å². The Morgan fingerprint density at radius 1 is 1.07 bits per heavy atom. The number of para-hydroxylation sites is 1. The fraction of sp³-hybridized carbons (Fsp3) is 0.364. The Hall–Kier alpha value is -2.82. The average Bonchev–Trinajstić information content (AvgIpc) is 3.06. The normalized spacial score (nSPS) is 14.0. The Kier molecular flexibility index (Phi) is 5.49. The van der Waals surface area contributed by atoms with Gasteiger partial charge in [-0.3, -0.25) is 4.79 Å². The van der Waals surface area contributed by atoms with E-state index in [4.69, 9.17) is 0 Å². The van der Waals surface area contributed by atoms with E-state index < -0.39 is 6.04 Å². The van der Waals surface area contributed by atoms with Crippen LogP contribution in [0.4, 0.5) is 16.2 Å². The lowest BCUT2D eigenvalue weighted by Gasteiger charge is -2.27. The Morgan fingerprint density at radius 3 is 2.56 bits per heavy atom. The van der Waals surface area contributed by atoms with Crippen LogP contribution >= 0.6 is 0 Å². The summed E-state index contributed by atoms with van der Waals surface area (Å²) in [5.74, 6) is -0.0827. The molecule has 3 rings (SSSR count). The van der Waals surface area contributed by atoms with Gasteiger partial charge < -0.3 is 15.5 Å². The first kappa shape index (κ1) is 19.0. The van der Waals surface area contributed by atoms with E-state index in [-0.39, 0.29) is 17.9 Å². The summed E-state index contributed by atoms with van der Waals surface area (Å²) in [5.41, 5.74) is 4.93. The lowest BCUT2D eigenvalue weighted by atomic mass is 10.0. The van der Waals surface area contributed by atoms with Gasteiger partial charge in [0.05, 0.1) is 0 Å². The second-order valence-electron chi connectivity index (χ2n) is 7.51. The van der Waals surface area contributed by atoms with Crippen molar-refractivity contribution in [3.8, 4) is 0 Å². The van der Waals surface area contributed by atoms with Crippen molar-refractivity contribution in [3.05, 3.63) is 59.2 Å². The van der Waals surface area contributed by atoms with Crippen molar-refractivity contribution in [2.24, 2.45) is 5.92 Å². The Labute approximate surface area is 160 Å². The molecule has 0 fully saturated rings. The number of aryl methyl sites for hydroxylation is 2. The molecule has 3 amide bonds. The van der Waals surface area contributed by atoms with Crippen LogP contribution < -0.4 is 15.5 Å². The van der Waals surface area contributed by atoms with Crippen LogP contribution in [0.5, 0.6) is 0 Å². The van der Waals surface area contributed by atoms with Crippen molar-refractivity contribution in [1.82, 2.24) is 5.32 Å². The van der Waals surface area contributed by atoms with Crippen molar-refractivity contribution in [2.45, 2.75) is 40.2 Å². The van der Waals surface area contributed by atoms with E-state index in [0.29, 0.717) is 6.54 Å². The molecule has 1 heterocycles. The number of rotatable bonds is 4. The van der Waals surface area contributed by atoms with Crippen molar-refractivity contribution >= 4 is 23.3 Å². The van der Waals surface area contributed by atoms with E-state index in [9.17, 15) is 9.59 Å². The third-order valence-corrected chi connectivity index (χ3v) is 5.01. The number of fused-ring (bicyclic) bond motifs is 1. The number of nitrogens with one attached hydrogen (secondary N) is 2. The highest BCUT2D eigenvalue weighted by Crippen LogP contribution is 2.28. The van der Waals surface area contributed by atoms with Crippen LogP contribution in [-0.2, 0) is 11.2 Å². The molecule has 1 unspecified atom stereocenters. The van der Waals surface area contributed by atoms with Crippen LogP contribution in [0.1, 0.15) is 30.5 Å². The van der Waals surface area contributed by atoms with Crippen LogP contribution in [-0.4, -0.2) is 24.5 Å². The predicted molar refractivity (Wildman–Crippen MR) is 109 cm³/mol. The maximum absolute atomic E-state index is 13.1. The fourth-order valence-electron chi connectivity index (χ4n) is 3.42. The molecule has 0 saturated carbocycles. The van der Waals surface area contributed by atoms with Crippen molar-refractivity contribution in [2.75, 3.05) is 16.8 Å². The standard InChI is InChI=1S/C22H27N3O2/c1-14(2)20(21(26)25-12-11-17-7-5-6-8-19(17)25)24-22(27)23-18-13-15(3)9-10-16(18)4/h5-10,13-14,20H,11-12H2,1-4H3,(H2,23,24,27). The number of benzene rings is 2. The van der Waals surface area contributed by atoms with Gasteiger partial charge in [0.25, 0.3) is 0 Å². The predicted octanol–water partition coefficient (Wildman–Crippen LogP) is 4.04. The van der Waals surface area contributed by atoms with Crippen molar-refractivity contribution in [3.63, 3.8) is 0 Å². The van der Waals surface area contributed by atoms with E-state index in [2.05, 4.69) is 10.6 Å². The van der Waals surface area contributed by atoms with E-state index >= 15 is 0 Å². The number of urea groups is 1. The van der Waals surface area contributed by atoms with Crippen LogP contribution in [0.25, 0.3) is 0 Å².